The Bertz CT molecular complexity index is 323. The van der Waals surface area contributed by atoms with E-state index in [2.05, 4.69) is 4.98 Å². The Morgan fingerprint density at radius 2 is 2.13 bits per heavy atom. The van der Waals surface area contributed by atoms with Crippen LogP contribution in [0.3, 0.4) is 0 Å². The lowest BCUT2D eigenvalue weighted by Crippen LogP contribution is -2.27. The fourth-order valence-corrected chi connectivity index (χ4v) is 1.78. The summed E-state index contributed by atoms with van der Waals surface area (Å²) in [7, 11) is 0. The first-order valence-electron chi connectivity index (χ1n) is 4.80. The molecule has 1 fully saturated rings. The van der Waals surface area contributed by atoms with Crippen molar-refractivity contribution < 1.29 is 13.2 Å². The van der Waals surface area contributed by atoms with Crippen molar-refractivity contribution in [2.24, 2.45) is 5.92 Å². The first-order chi connectivity index (χ1) is 7.07. The molecule has 1 aromatic heterocycles. The van der Waals surface area contributed by atoms with Gasteiger partial charge >= 0.3 is 6.18 Å². The standard InChI is InChI=1S/C10H11F3N2/c11-10(12,13)8-4-6-15(7-8)9-3-1-2-5-14-9/h1-3,5,8H,4,6-7H2. The third-order valence-electron chi connectivity index (χ3n) is 2.62. The van der Waals surface area contributed by atoms with Crippen LogP contribution >= 0.6 is 0 Å². The van der Waals surface area contributed by atoms with Crippen molar-refractivity contribution in [3.63, 3.8) is 0 Å². The number of alkyl halides is 3. The number of anilines is 1. The highest BCUT2D eigenvalue weighted by molar-refractivity contribution is 5.39. The molecule has 1 unspecified atom stereocenters. The zero-order valence-corrected chi connectivity index (χ0v) is 8.04. The van der Waals surface area contributed by atoms with E-state index >= 15 is 0 Å². The maximum atomic E-state index is 12.4. The fourth-order valence-electron chi connectivity index (χ4n) is 1.78. The van der Waals surface area contributed by atoms with Gasteiger partial charge in [0.1, 0.15) is 5.82 Å². The van der Waals surface area contributed by atoms with Gasteiger partial charge in [-0.15, -0.1) is 0 Å². The lowest BCUT2D eigenvalue weighted by atomic mass is 10.1. The van der Waals surface area contributed by atoms with Crippen LogP contribution in [0.5, 0.6) is 0 Å². The lowest BCUT2D eigenvalue weighted by molar-refractivity contribution is -0.168. The number of pyridine rings is 1. The van der Waals surface area contributed by atoms with Gasteiger partial charge in [0.15, 0.2) is 0 Å². The van der Waals surface area contributed by atoms with Gasteiger partial charge in [0.05, 0.1) is 5.92 Å². The number of halogens is 3. The maximum absolute atomic E-state index is 12.4. The molecule has 2 heterocycles. The molecule has 15 heavy (non-hydrogen) atoms. The van der Waals surface area contributed by atoms with Crippen molar-refractivity contribution in [1.29, 1.82) is 0 Å². The van der Waals surface area contributed by atoms with Gasteiger partial charge in [0.2, 0.25) is 0 Å². The van der Waals surface area contributed by atoms with Crippen molar-refractivity contribution >= 4 is 5.82 Å². The molecular formula is C10H11F3N2. The van der Waals surface area contributed by atoms with Gasteiger partial charge < -0.3 is 4.90 Å². The number of hydrogen-bond donors (Lipinski definition) is 0. The minimum absolute atomic E-state index is 0.0283. The predicted molar refractivity (Wildman–Crippen MR) is 50.6 cm³/mol. The summed E-state index contributed by atoms with van der Waals surface area (Å²) in [5.41, 5.74) is 0. The first kappa shape index (κ1) is 10.3. The molecule has 1 aliphatic heterocycles. The molecule has 0 bridgehead atoms. The van der Waals surface area contributed by atoms with E-state index in [9.17, 15) is 13.2 Å². The van der Waals surface area contributed by atoms with E-state index in [0.717, 1.165) is 0 Å². The molecule has 1 saturated heterocycles. The van der Waals surface area contributed by atoms with Crippen molar-refractivity contribution in [2.45, 2.75) is 12.6 Å². The maximum Gasteiger partial charge on any atom is 0.393 e. The topological polar surface area (TPSA) is 16.1 Å². The highest BCUT2D eigenvalue weighted by Crippen LogP contribution is 2.34. The average molecular weight is 216 g/mol. The number of aromatic nitrogens is 1. The molecule has 5 heteroatoms. The highest BCUT2D eigenvalue weighted by Gasteiger charge is 2.43. The highest BCUT2D eigenvalue weighted by atomic mass is 19.4. The zero-order chi connectivity index (χ0) is 10.9. The summed E-state index contributed by atoms with van der Waals surface area (Å²) in [5, 5.41) is 0. The van der Waals surface area contributed by atoms with E-state index in [4.69, 9.17) is 0 Å². The van der Waals surface area contributed by atoms with Gasteiger partial charge in [0, 0.05) is 19.3 Å². The molecule has 82 valence electrons. The molecule has 2 rings (SSSR count). The SMILES string of the molecule is FC(F)(F)C1CCN(c2ccccn2)C1. The Morgan fingerprint density at radius 1 is 1.33 bits per heavy atom. The Morgan fingerprint density at radius 3 is 2.67 bits per heavy atom. The molecule has 1 aliphatic rings. The molecule has 0 saturated carbocycles. The van der Waals surface area contributed by atoms with Crippen LogP contribution < -0.4 is 4.90 Å². The van der Waals surface area contributed by atoms with E-state index in [-0.39, 0.29) is 13.0 Å². The van der Waals surface area contributed by atoms with Crippen molar-refractivity contribution in [1.82, 2.24) is 4.98 Å². The van der Waals surface area contributed by atoms with Crippen LogP contribution in [0, 0.1) is 5.92 Å². The molecule has 0 aromatic carbocycles. The lowest BCUT2D eigenvalue weighted by Gasteiger charge is -2.18. The zero-order valence-electron chi connectivity index (χ0n) is 8.04. The smallest absolute Gasteiger partial charge is 0.356 e. The van der Waals surface area contributed by atoms with Crippen LogP contribution in [0.25, 0.3) is 0 Å². The predicted octanol–water partition coefficient (Wildman–Crippen LogP) is 2.47. The number of nitrogens with zero attached hydrogens (tertiary/aromatic N) is 2. The van der Waals surface area contributed by atoms with Gasteiger partial charge in [-0.3, -0.25) is 0 Å². The molecule has 0 N–H and O–H groups in total. The van der Waals surface area contributed by atoms with Gasteiger partial charge in [-0.2, -0.15) is 13.2 Å². The molecule has 0 radical (unpaired) electrons. The van der Waals surface area contributed by atoms with E-state index in [1.807, 2.05) is 0 Å². The van der Waals surface area contributed by atoms with Crippen LogP contribution in [0.4, 0.5) is 19.0 Å². The molecule has 0 aliphatic carbocycles. The molecule has 0 amide bonds. The van der Waals surface area contributed by atoms with Crippen LogP contribution in [0.1, 0.15) is 6.42 Å². The largest absolute Gasteiger partial charge is 0.393 e. The minimum Gasteiger partial charge on any atom is -0.356 e. The van der Waals surface area contributed by atoms with Gasteiger partial charge in [-0.25, -0.2) is 4.98 Å². The van der Waals surface area contributed by atoms with Crippen LogP contribution in [-0.4, -0.2) is 24.2 Å². The number of hydrogen-bond acceptors (Lipinski definition) is 2. The Balaban J connectivity index is 2.05. The second-order valence-electron chi connectivity index (χ2n) is 3.66. The Kier molecular flexibility index (Phi) is 2.54. The van der Waals surface area contributed by atoms with Crippen molar-refractivity contribution in [3.05, 3.63) is 24.4 Å². The van der Waals surface area contributed by atoms with Gasteiger partial charge in [-0.05, 0) is 18.6 Å². The minimum atomic E-state index is -4.08. The van der Waals surface area contributed by atoms with Crippen molar-refractivity contribution in [3.8, 4) is 0 Å². The van der Waals surface area contributed by atoms with Crippen molar-refractivity contribution in [2.75, 3.05) is 18.0 Å². The molecular weight excluding hydrogens is 205 g/mol. The summed E-state index contributed by atoms with van der Waals surface area (Å²) in [5.74, 6) is -0.580. The summed E-state index contributed by atoms with van der Waals surface area (Å²) < 4.78 is 37.2. The Hall–Kier alpha value is -1.26. The van der Waals surface area contributed by atoms with E-state index in [1.165, 1.54) is 0 Å². The third kappa shape index (κ3) is 2.22. The fraction of sp³-hybridized carbons (Fsp3) is 0.500. The second kappa shape index (κ2) is 3.72. The normalized spacial score (nSPS) is 22.1. The summed E-state index contributed by atoms with van der Waals surface area (Å²) in [6.07, 6.45) is -2.32. The van der Waals surface area contributed by atoms with Gasteiger partial charge in [-0.1, -0.05) is 6.07 Å². The first-order valence-corrected chi connectivity index (χ1v) is 4.80. The van der Waals surface area contributed by atoms with Gasteiger partial charge in [0.25, 0.3) is 0 Å². The molecule has 0 spiro atoms. The summed E-state index contributed by atoms with van der Waals surface area (Å²) in [6, 6.07) is 5.27. The second-order valence-corrected chi connectivity index (χ2v) is 3.66. The Labute approximate surface area is 85.7 Å². The quantitative estimate of drug-likeness (QED) is 0.716. The monoisotopic (exact) mass is 216 g/mol. The summed E-state index contributed by atoms with van der Waals surface area (Å²) in [4.78, 5) is 5.71. The molecule has 1 atom stereocenters. The average Bonchev–Trinajstić information content (AvgIpc) is 2.67. The summed E-state index contributed by atoms with van der Waals surface area (Å²) in [6.45, 7) is 0.460. The third-order valence-corrected chi connectivity index (χ3v) is 2.62. The van der Waals surface area contributed by atoms with E-state index in [0.29, 0.717) is 12.4 Å². The van der Waals surface area contributed by atoms with Crippen LogP contribution in [-0.2, 0) is 0 Å². The summed E-state index contributed by atoms with van der Waals surface area (Å²) >= 11 is 0. The van der Waals surface area contributed by atoms with E-state index < -0.39 is 12.1 Å². The number of rotatable bonds is 1. The van der Waals surface area contributed by atoms with E-state index in [1.54, 1.807) is 29.3 Å². The van der Waals surface area contributed by atoms with Crippen LogP contribution in [0.15, 0.2) is 24.4 Å². The molecule has 2 nitrogen and oxygen atoms in total. The van der Waals surface area contributed by atoms with Crippen LogP contribution in [0.2, 0.25) is 0 Å². The molecule has 1 aromatic rings.